The van der Waals surface area contributed by atoms with Gasteiger partial charge in [-0.2, -0.15) is 0 Å². The molecule has 0 radical (unpaired) electrons. The third-order valence-corrected chi connectivity index (χ3v) is 11.5. The van der Waals surface area contributed by atoms with Crippen LogP contribution in [0.25, 0.3) is 0 Å². The molecule has 4 aliphatic carbocycles. The van der Waals surface area contributed by atoms with E-state index in [0.717, 1.165) is 50.5 Å². The average Bonchev–Trinajstić information content (AvgIpc) is 3.05. The highest BCUT2D eigenvalue weighted by Gasteiger charge is 2.66. The summed E-state index contributed by atoms with van der Waals surface area (Å²) in [7, 11) is -4.01. The number of nitrogens with one attached hydrogen (secondary N) is 1. The molecule has 0 aliphatic heterocycles. The van der Waals surface area contributed by atoms with Gasteiger partial charge in [0.05, 0.1) is 12.6 Å². The number of hydrogen-bond donors (Lipinski definition) is 3. The van der Waals surface area contributed by atoms with Crippen LogP contribution in [-0.4, -0.2) is 35.6 Å². The molecule has 0 amide bonds. The van der Waals surface area contributed by atoms with Crippen molar-refractivity contribution in [2.24, 2.45) is 34.5 Å². The van der Waals surface area contributed by atoms with E-state index in [4.69, 9.17) is 19.2 Å². The van der Waals surface area contributed by atoms with E-state index in [1.165, 1.54) is 12.8 Å². The van der Waals surface area contributed by atoms with E-state index < -0.39 is 13.4 Å². The summed E-state index contributed by atoms with van der Waals surface area (Å²) < 4.78 is 29.3. The molecule has 4 fully saturated rings. The van der Waals surface area contributed by atoms with Gasteiger partial charge in [-0.3, -0.25) is 14.5 Å². The topological polar surface area (TPSA) is 116 Å². The summed E-state index contributed by atoms with van der Waals surface area (Å²) >= 11 is 0. The predicted octanol–water partition coefficient (Wildman–Crippen LogP) is 5.10. The summed E-state index contributed by atoms with van der Waals surface area (Å²) in [5.74, 6) is 2.72. The van der Waals surface area contributed by atoms with Gasteiger partial charge in [0, 0.05) is 12.3 Å². The summed E-state index contributed by atoms with van der Waals surface area (Å²) in [5, 5.41) is 8.10. The number of fused-ring (bicyclic) bond motifs is 5. The Hall–Kier alpha value is -0.720. The Morgan fingerprint density at radius 1 is 1.12 bits per heavy atom. The highest BCUT2D eigenvalue weighted by atomic mass is 31.2. The van der Waals surface area contributed by atoms with Gasteiger partial charge in [0.2, 0.25) is 0 Å². The van der Waals surface area contributed by atoms with Crippen LogP contribution < -0.4 is 5.73 Å². The highest BCUT2D eigenvalue weighted by molar-refractivity contribution is 7.47. The van der Waals surface area contributed by atoms with Crippen molar-refractivity contribution in [1.29, 1.82) is 5.41 Å². The van der Waals surface area contributed by atoms with Crippen molar-refractivity contribution in [2.75, 3.05) is 13.2 Å². The number of ether oxygens (including phenoxy) is 1. The monoisotopic (exact) mass is 497 g/mol. The number of phosphoric ester groups is 1. The smallest absolute Gasteiger partial charge is 0.470 e. The van der Waals surface area contributed by atoms with Crippen LogP contribution >= 0.6 is 7.82 Å². The molecule has 0 heterocycles. The van der Waals surface area contributed by atoms with Gasteiger partial charge in [0.1, 0.15) is 12.2 Å². The zero-order valence-corrected chi connectivity index (χ0v) is 22.5. The van der Waals surface area contributed by atoms with Gasteiger partial charge < -0.3 is 15.4 Å². The second-order valence-corrected chi connectivity index (χ2v) is 13.5. The minimum absolute atomic E-state index is 0.0147. The zero-order chi connectivity index (χ0) is 24.9. The molecule has 0 bridgehead atoms. The number of hydrogen-bond acceptors (Lipinski definition) is 5. The lowest BCUT2D eigenvalue weighted by Crippen LogP contribution is -2.58. The maximum atomic E-state index is 12.3. The molecular formula is C26H46N2O5P+. The zero-order valence-electron chi connectivity index (χ0n) is 21.6. The molecular weight excluding hydrogens is 451 g/mol. The van der Waals surface area contributed by atoms with Crippen molar-refractivity contribution in [3.63, 3.8) is 0 Å². The van der Waals surface area contributed by atoms with Crippen LogP contribution in [0.1, 0.15) is 85.5 Å². The molecule has 4 rings (SSSR count). The highest BCUT2D eigenvalue weighted by Crippen LogP contribution is 2.70. The second-order valence-electron chi connectivity index (χ2n) is 12.1. The van der Waals surface area contributed by atoms with E-state index in [1.54, 1.807) is 6.92 Å². The summed E-state index contributed by atoms with van der Waals surface area (Å²) in [6.45, 7) is 13.6. The van der Waals surface area contributed by atoms with E-state index in [9.17, 15) is 9.46 Å². The molecule has 0 saturated heterocycles. The molecule has 9 atom stereocenters. The Labute approximate surface area is 205 Å². The van der Waals surface area contributed by atoms with Crippen molar-refractivity contribution in [1.82, 2.24) is 0 Å². The first-order valence-electron chi connectivity index (χ1n) is 13.2. The van der Waals surface area contributed by atoms with Crippen molar-refractivity contribution in [3.05, 3.63) is 12.2 Å². The van der Waals surface area contributed by atoms with Crippen LogP contribution in [0, 0.1) is 39.9 Å². The largest absolute Gasteiger partial charge is 0.472 e. The lowest BCUT2D eigenvalue weighted by molar-refractivity contribution is -0.371. The molecule has 0 aromatic rings. The van der Waals surface area contributed by atoms with Gasteiger partial charge in [-0.05, 0) is 99.4 Å². The third-order valence-electron chi connectivity index (χ3n) is 10.4. The first-order valence-corrected chi connectivity index (χ1v) is 14.7. The number of quaternary nitrogens is 1. The Balaban J connectivity index is 1.50. The molecule has 3 unspecified atom stereocenters. The van der Waals surface area contributed by atoms with Crippen molar-refractivity contribution in [3.8, 4) is 0 Å². The van der Waals surface area contributed by atoms with Gasteiger partial charge >= 0.3 is 7.82 Å². The average molecular weight is 498 g/mol. The maximum Gasteiger partial charge on any atom is 0.472 e. The Kier molecular flexibility index (Phi) is 7.21. The van der Waals surface area contributed by atoms with Crippen molar-refractivity contribution in [2.45, 2.75) is 97.2 Å². The minimum Gasteiger partial charge on any atom is -0.470 e. The van der Waals surface area contributed by atoms with Crippen LogP contribution in [0.2, 0.25) is 0 Å². The predicted molar refractivity (Wildman–Crippen MR) is 132 cm³/mol. The summed E-state index contributed by atoms with van der Waals surface area (Å²) in [6.07, 6.45) is 9.18. The van der Waals surface area contributed by atoms with Crippen LogP contribution in [0.4, 0.5) is 0 Å². The van der Waals surface area contributed by atoms with Crippen LogP contribution in [-0.2, 0) is 18.3 Å². The van der Waals surface area contributed by atoms with Crippen LogP contribution in [0.3, 0.4) is 0 Å². The molecule has 5 N–H and O–H groups in total. The first-order chi connectivity index (χ1) is 15.9. The summed E-state index contributed by atoms with van der Waals surface area (Å²) in [5.41, 5.74) is 4.56. The number of rotatable bonds is 7. The van der Waals surface area contributed by atoms with E-state index in [-0.39, 0.29) is 23.5 Å². The lowest BCUT2D eigenvalue weighted by Gasteiger charge is -2.62. The Morgan fingerprint density at radius 2 is 1.82 bits per heavy atom. The fourth-order valence-electron chi connectivity index (χ4n) is 8.93. The van der Waals surface area contributed by atoms with Gasteiger partial charge in [-0.15, -0.1) is 0 Å². The first kappa shape index (κ1) is 26.3. The Morgan fingerprint density at radius 3 is 2.47 bits per heavy atom. The molecule has 7 nitrogen and oxygen atoms in total. The van der Waals surface area contributed by atoms with Crippen molar-refractivity contribution >= 4 is 13.7 Å². The summed E-state index contributed by atoms with van der Waals surface area (Å²) in [6, 6.07) is 0. The fourth-order valence-corrected chi connectivity index (χ4v) is 9.92. The molecule has 0 aromatic heterocycles. The molecule has 194 valence electrons. The third kappa shape index (κ3) is 4.24. The Bertz CT molecular complexity index is 866. The van der Waals surface area contributed by atoms with E-state index in [1.807, 2.05) is 0 Å². The molecule has 8 heteroatoms. The molecule has 4 aliphatic rings. The molecule has 4 saturated carbocycles. The molecule has 34 heavy (non-hydrogen) atoms. The quantitative estimate of drug-likeness (QED) is 0.196. The normalized spacial score (nSPS) is 45.4. The minimum atomic E-state index is -4.01. The van der Waals surface area contributed by atoms with E-state index in [2.05, 4.69) is 33.1 Å². The van der Waals surface area contributed by atoms with Gasteiger partial charge in [0.25, 0.3) is 0 Å². The van der Waals surface area contributed by atoms with Crippen molar-refractivity contribution < 1.29 is 29.0 Å². The second kappa shape index (κ2) is 9.30. The van der Waals surface area contributed by atoms with Crippen LogP contribution in [0.15, 0.2) is 12.2 Å². The van der Waals surface area contributed by atoms with Gasteiger partial charge in [-0.1, -0.05) is 20.4 Å². The van der Waals surface area contributed by atoms with E-state index >= 15 is 0 Å². The molecule has 0 aromatic carbocycles. The van der Waals surface area contributed by atoms with Gasteiger partial charge in [0.15, 0.2) is 5.90 Å². The maximum absolute atomic E-state index is 12.3. The fraction of sp³-hybridized carbons (Fsp3) is 0.885. The lowest BCUT2D eigenvalue weighted by atomic mass is 9.44. The molecule has 0 spiro atoms. The van der Waals surface area contributed by atoms with Crippen LogP contribution in [0.5, 0.6) is 0 Å². The SMILES string of the molecule is C=C(C)[C@@]1(OC(C)=N)CC[C@H]2C3CC[C@@H]4CC(OP(=O)(O)OCC[NH3+])CC[C@]4(C)[C@H]3CC[C@@]21C. The van der Waals surface area contributed by atoms with Gasteiger partial charge in [-0.25, -0.2) is 4.57 Å². The van der Waals surface area contributed by atoms with E-state index in [0.29, 0.717) is 36.1 Å². The summed E-state index contributed by atoms with van der Waals surface area (Å²) in [4.78, 5) is 10.1. The standard InChI is InChI=1S/C26H45N2O5P/c1-17(2)26(32-18(3)28)13-10-23-21-7-6-19-16-20(33-34(29,30)31-15-14-27)8-11-24(19,4)22(21)9-12-25(23,26)5/h19-23,28H,1,6-16,27H2,2-5H3,(H,29,30)/p+1/t19-,20?,21?,22+,23+,24+,25+,26+/m1/s1. The number of phosphoric acid groups is 1.